The highest BCUT2D eigenvalue weighted by atomic mass is 35.5. The van der Waals surface area contributed by atoms with E-state index in [1.54, 1.807) is 26.0 Å². The monoisotopic (exact) mass is 398 g/mol. The van der Waals surface area contributed by atoms with Crippen LogP contribution < -0.4 is 10.5 Å². The summed E-state index contributed by atoms with van der Waals surface area (Å²) < 4.78 is 32.6. The van der Waals surface area contributed by atoms with Gasteiger partial charge in [-0.3, -0.25) is 0 Å². The first-order valence-electron chi connectivity index (χ1n) is 7.93. The summed E-state index contributed by atoms with van der Waals surface area (Å²) in [7, 11) is -3.80. The molecule has 0 spiro atoms. The van der Waals surface area contributed by atoms with Gasteiger partial charge in [0.25, 0.3) is 0 Å². The lowest BCUT2D eigenvalue weighted by Gasteiger charge is -2.15. The Hall–Kier alpha value is -1.93. The predicted octanol–water partition coefficient (Wildman–Crippen LogP) is 2.57. The minimum absolute atomic E-state index is 0. The van der Waals surface area contributed by atoms with Crippen LogP contribution in [0.2, 0.25) is 0 Å². The van der Waals surface area contributed by atoms with E-state index in [0.29, 0.717) is 5.56 Å². The van der Waals surface area contributed by atoms with Crippen LogP contribution in [0.4, 0.5) is 0 Å². The third-order valence-corrected chi connectivity index (χ3v) is 5.28. The van der Waals surface area contributed by atoms with Gasteiger partial charge < -0.3 is 10.5 Å². The van der Waals surface area contributed by atoms with E-state index < -0.39 is 22.0 Å². The van der Waals surface area contributed by atoms with E-state index in [9.17, 15) is 13.2 Å². The number of hydrogen-bond acceptors (Lipinski definition) is 5. The minimum atomic E-state index is -3.80. The Labute approximate surface area is 160 Å². The van der Waals surface area contributed by atoms with E-state index in [0.717, 1.165) is 5.56 Å². The lowest BCUT2D eigenvalue weighted by molar-refractivity contribution is 0.0526. The molecule has 0 radical (unpaired) electrons. The smallest absolute Gasteiger partial charge is 0.338 e. The van der Waals surface area contributed by atoms with Gasteiger partial charge in [-0.05, 0) is 37.1 Å². The number of nitrogens with two attached hydrogens (primary N) is 1. The van der Waals surface area contributed by atoms with Crippen LogP contribution in [-0.2, 0) is 14.8 Å². The van der Waals surface area contributed by atoms with Crippen LogP contribution in [0.1, 0.15) is 34.5 Å². The molecule has 0 saturated carbocycles. The van der Waals surface area contributed by atoms with Crippen molar-refractivity contribution in [1.29, 1.82) is 0 Å². The second-order valence-electron chi connectivity index (χ2n) is 5.57. The average Bonchev–Trinajstić information content (AvgIpc) is 2.61. The molecule has 0 heterocycles. The van der Waals surface area contributed by atoms with Gasteiger partial charge in [0.15, 0.2) is 0 Å². The number of aryl methyl sites for hydroxylation is 1. The Morgan fingerprint density at radius 3 is 2.46 bits per heavy atom. The molecule has 26 heavy (non-hydrogen) atoms. The van der Waals surface area contributed by atoms with Gasteiger partial charge in [-0.1, -0.05) is 36.4 Å². The number of ether oxygens (including phenoxy) is 1. The molecule has 0 aromatic heterocycles. The lowest BCUT2D eigenvalue weighted by atomic mass is 10.1. The molecule has 3 N–H and O–H groups in total. The molecule has 0 aliphatic rings. The number of benzene rings is 2. The van der Waals surface area contributed by atoms with Crippen molar-refractivity contribution in [2.24, 2.45) is 5.73 Å². The van der Waals surface area contributed by atoms with Crippen molar-refractivity contribution in [3.05, 3.63) is 65.2 Å². The van der Waals surface area contributed by atoms with Crippen molar-refractivity contribution < 1.29 is 17.9 Å². The molecule has 1 atom stereocenters. The van der Waals surface area contributed by atoms with Gasteiger partial charge in [-0.2, -0.15) is 0 Å². The summed E-state index contributed by atoms with van der Waals surface area (Å²) in [4.78, 5) is 11.9. The Kier molecular flexibility index (Phi) is 8.23. The van der Waals surface area contributed by atoms with Gasteiger partial charge in [0.05, 0.1) is 17.1 Å². The summed E-state index contributed by atoms with van der Waals surface area (Å²) in [6.45, 7) is 3.63. The average molecular weight is 399 g/mol. The molecule has 1 unspecified atom stereocenters. The summed E-state index contributed by atoms with van der Waals surface area (Å²) in [6, 6.07) is 13.2. The number of carbonyl (C=O) groups excluding carboxylic acids is 1. The fourth-order valence-corrected chi connectivity index (χ4v) is 3.65. The van der Waals surface area contributed by atoms with Crippen molar-refractivity contribution in [2.75, 3.05) is 13.2 Å². The number of nitrogens with one attached hydrogen (secondary N) is 1. The van der Waals surface area contributed by atoms with Crippen LogP contribution in [-0.4, -0.2) is 27.5 Å². The number of hydrogen-bond donors (Lipinski definition) is 2. The van der Waals surface area contributed by atoms with Gasteiger partial charge in [0.2, 0.25) is 10.0 Å². The molecule has 0 amide bonds. The molecular formula is C18H23ClN2O4S. The number of rotatable bonds is 7. The van der Waals surface area contributed by atoms with Crippen LogP contribution in [0.25, 0.3) is 0 Å². The largest absolute Gasteiger partial charge is 0.462 e. The van der Waals surface area contributed by atoms with Gasteiger partial charge in [-0.15, -0.1) is 12.4 Å². The van der Waals surface area contributed by atoms with Crippen LogP contribution in [0.3, 0.4) is 0 Å². The second kappa shape index (κ2) is 9.68. The molecule has 0 fully saturated rings. The minimum Gasteiger partial charge on any atom is -0.462 e. The van der Waals surface area contributed by atoms with Crippen molar-refractivity contribution in [3.63, 3.8) is 0 Å². The zero-order valence-corrected chi connectivity index (χ0v) is 16.3. The van der Waals surface area contributed by atoms with Crippen molar-refractivity contribution in [1.82, 2.24) is 4.72 Å². The van der Waals surface area contributed by atoms with E-state index in [4.69, 9.17) is 10.5 Å². The van der Waals surface area contributed by atoms with E-state index >= 15 is 0 Å². The maximum atomic E-state index is 12.6. The fourth-order valence-electron chi connectivity index (χ4n) is 2.33. The van der Waals surface area contributed by atoms with Crippen LogP contribution >= 0.6 is 12.4 Å². The summed E-state index contributed by atoms with van der Waals surface area (Å²) in [5.74, 6) is -0.556. The molecule has 0 saturated heterocycles. The maximum absolute atomic E-state index is 12.6. The number of sulfonamides is 1. The molecule has 142 valence electrons. The first kappa shape index (κ1) is 22.1. The zero-order chi connectivity index (χ0) is 18.4. The van der Waals surface area contributed by atoms with E-state index in [1.165, 1.54) is 6.07 Å². The van der Waals surface area contributed by atoms with E-state index in [2.05, 4.69) is 4.72 Å². The summed E-state index contributed by atoms with van der Waals surface area (Å²) >= 11 is 0. The predicted molar refractivity (Wildman–Crippen MR) is 103 cm³/mol. The van der Waals surface area contributed by atoms with Crippen molar-refractivity contribution in [2.45, 2.75) is 24.8 Å². The molecule has 0 aliphatic carbocycles. The molecule has 2 aromatic carbocycles. The molecule has 0 bridgehead atoms. The first-order valence-corrected chi connectivity index (χ1v) is 9.41. The van der Waals surface area contributed by atoms with Gasteiger partial charge in [-0.25, -0.2) is 17.9 Å². The quantitative estimate of drug-likeness (QED) is 0.698. The van der Waals surface area contributed by atoms with E-state index in [1.807, 2.05) is 30.3 Å². The van der Waals surface area contributed by atoms with Crippen LogP contribution in [0, 0.1) is 6.92 Å². The van der Waals surface area contributed by atoms with Crippen LogP contribution in [0.5, 0.6) is 0 Å². The number of halogens is 1. The van der Waals surface area contributed by atoms with Gasteiger partial charge in [0, 0.05) is 12.6 Å². The molecule has 6 nitrogen and oxygen atoms in total. The third kappa shape index (κ3) is 5.54. The van der Waals surface area contributed by atoms with Crippen molar-refractivity contribution in [3.8, 4) is 0 Å². The standard InChI is InChI=1S/C18H22N2O4S.ClH/c1-3-24-18(21)15-10-9-13(2)17(11-15)25(22,23)20-12-16(19)14-7-5-4-6-8-14;/h4-11,16,20H,3,12,19H2,1-2H3;1H. The molecule has 2 rings (SSSR count). The Morgan fingerprint density at radius 1 is 1.19 bits per heavy atom. The first-order chi connectivity index (χ1) is 11.8. The normalized spacial score (nSPS) is 12.1. The Balaban J connectivity index is 0.00000338. The van der Waals surface area contributed by atoms with Crippen molar-refractivity contribution >= 4 is 28.4 Å². The van der Waals surface area contributed by atoms with Crippen LogP contribution in [0.15, 0.2) is 53.4 Å². The summed E-state index contributed by atoms with van der Waals surface area (Å²) in [5.41, 5.74) is 7.60. The third-order valence-electron chi connectivity index (χ3n) is 3.71. The maximum Gasteiger partial charge on any atom is 0.338 e. The lowest BCUT2D eigenvalue weighted by Crippen LogP contribution is -2.32. The highest BCUT2D eigenvalue weighted by Crippen LogP contribution is 2.18. The second-order valence-corrected chi connectivity index (χ2v) is 7.31. The van der Waals surface area contributed by atoms with Gasteiger partial charge >= 0.3 is 5.97 Å². The molecule has 2 aromatic rings. The molecule has 8 heteroatoms. The highest BCUT2D eigenvalue weighted by molar-refractivity contribution is 7.89. The Morgan fingerprint density at radius 2 is 1.85 bits per heavy atom. The van der Waals surface area contributed by atoms with Gasteiger partial charge in [0.1, 0.15) is 0 Å². The number of esters is 1. The zero-order valence-electron chi connectivity index (χ0n) is 14.6. The summed E-state index contributed by atoms with van der Waals surface area (Å²) in [5, 5.41) is 0. The number of carbonyl (C=O) groups is 1. The highest BCUT2D eigenvalue weighted by Gasteiger charge is 2.20. The summed E-state index contributed by atoms with van der Waals surface area (Å²) in [6.07, 6.45) is 0. The molecule has 0 aliphatic heterocycles. The SMILES string of the molecule is CCOC(=O)c1ccc(C)c(S(=O)(=O)NCC(N)c2ccccc2)c1.Cl. The fraction of sp³-hybridized carbons (Fsp3) is 0.278. The van der Waals surface area contributed by atoms with E-state index in [-0.39, 0.29) is 36.0 Å². The molecular weight excluding hydrogens is 376 g/mol. The Bertz CT molecular complexity index is 842. The topological polar surface area (TPSA) is 98.5 Å².